The smallest absolute Gasteiger partial charge is 0.257 e. The lowest BCUT2D eigenvalue weighted by atomic mass is 10.00. The SMILES string of the molecule is NC(=O)c1ccc(OCC(=O)NCCCN2CCc3ccccc3C2)cc1. The lowest BCUT2D eigenvalue weighted by Gasteiger charge is -2.28. The molecular formula is C21H25N3O3. The van der Waals surface area contributed by atoms with E-state index in [2.05, 4.69) is 34.5 Å². The molecule has 27 heavy (non-hydrogen) atoms. The number of carbonyl (C=O) groups is 2. The van der Waals surface area contributed by atoms with Crippen molar-refractivity contribution in [1.82, 2.24) is 10.2 Å². The molecule has 1 aliphatic heterocycles. The Kier molecular flexibility index (Phi) is 6.44. The Morgan fingerprint density at radius 2 is 1.81 bits per heavy atom. The van der Waals surface area contributed by atoms with Gasteiger partial charge in [0.1, 0.15) is 5.75 Å². The van der Waals surface area contributed by atoms with E-state index in [1.807, 2.05) is 0 Å². The summed E-state index contributed by atoms with van der Waals surface area (Å²) >= 11 is 0. The largest absolute Gasteiger partial charge is 0.484 e. The molecule has 2 amide bonds. The Morgan fingerprint density at radius 3 is 2.56 bits per heavy atom. The Bertz CT molecular complexity index is 790. The fourth-order valence-electron chi connectivity index (χ4n) is 3.19. The van der Waals surface area contributed by atoms with Gasteiger partial charge in [-0.05, 0) is 48.2 Å². The highest BCUT2D eigenvalue weighted by molar-refractivity contribution is 5.92. The molecule has 0 radical (unpaired) electrons. The maximum absolute atomic E-state index is 11.9. The second kappa shape index (κ2) is 9.19. The lowest BCUT2D eigenvalue weighted by molar-refractivity contribution is -0.123. The molecule has 0 atom stereocenters. The molecule has 0 aromatic heterocycles. The van der Waals surface area contributed by atoms with Gasteiger partial charge in [0.05, 0.1) is 0 Å². The molecule has 2 aromatic rings. The first-order chi connectivity index (χ1) is 13.1. The van der Waals surface area contributed by atoms with Gasteiger partial charge >= 0.3 is 0 Å². The lowest BCUT2D eigenvalue weighted by Crippen LogP contribution is -2.35. The molecule has 1 aliphatic rings. The zero-order valence-corrected chi connectivity index (χ0v) is 15.3. The minimum absolute atomic E-state index is 0.0486. The maximum atomic E-state index is 11.9. The Balaban J connectivity index is 1.31. The van der Waals surface area contributed by atoms with Crippen molar-refractivity contribution in [3.05, 3.63) is 65.2 Å². The Hall–Kier alpha value is -2.86. The highest BCUT2D eigenvalue weighted by Gasteiger charge is 2.15. The molecule has 6 nitrogen and oxygen atoms in total. The number of primary amides is 1. The van der Waals surface area contributed by atoms with Gasteiger partial charge in [-0.15, -0.1) is 0 Å². The number of amides is 2. The van der Waals surface area contributed by atoms with Gasteiger partial charge in [0.2, 0.25) is 5.91 Å². The van der Waals surface area contributed by atoms with E-state index < -0.39 is 5.91 Å². The number of nitrogens with one attached hydrogen (secondary N) is 1. The summed E-state index contributed by atoms with van der Waals surface area (Å²) in [5.74, 6) is -0.114. The van der Waals surface area contributed by atoms with Crippen molar-refractivity contribution >= 4 is 11.8 Å². The van der Waals surface area contributed by atoms with Crippen molar-refractivity contribution < 1.29 is 14.3 Å². The van der Waals surface area contributed by atoms with Crippen LogP contribution in [-0.4, -0.2) is 43.0 Å². The normalized spacial score (nSPS) is 13.6. The second-order valence-electron chi connectivity index (χ2n) is 6.68. The maximum Gasteiger partial charge on any atom is 0.257 e. The summed E-state index contributed by atoms with van der Waals surface area (Å²) in [5.41, 5.74) is 8.45. The molecule has 0 unspecified atom stereocenters. The summed E-state index contributed by atoms with van der Waals surface area (Å²) < 4.78 is 5.41. The van der Waals surface area contributed by atoms with Crippen LogP contribution >= 0.6 is 0 Å². The minimum Gasteiger partial charge on any atom is -0.484 e. The molecule has 142 valence electrons. The molecule has 6 heteroatoms. The van der Waals surface area contributed by atoms with E-state index in [0.29, 0.717) is 17.9 Å². The van der Waals surface area contributed by atoms with Crippen LogP contribution in [0.5, 0.6) is 5.75 Å². The van der Waals surface area contributed by atoms with Gasteiger partial charge in [-0.1, -0.05) is 24.3 Å². The molecule has 1 heterocycles. The van der Waals surface area contributed by atoms with Crippen molar-refractivity contribution in [1.29, 1.82) is 0 Å². The summed E-state index contributed by atoms with van der Waals surface area (Å²) in [6, 6.07) is 15.0. The van der Waals surface area contributed by atoms with Crippen molar-refractivity contribution in [3.8, 4) is 5.75 Å². The van der Waals surface area contributed by atoms with Crippen molar-refractivity contribution in [2.24, 2.45) is 5.73 Å². The Morgan fingerprint density at radius 1 is 1.07 bits per heavy atom. The zero-order valence-electron chi connectivity index (χ0n) is 15.3. The fraction of sp³-hybridized carbons (Fsp3) is 0.333. The average Bonchev–Trinajstić information content (AvgIpc) is 2.70. The highest BCUT2D eigenvalue weighted by atomic mass is 16.5. The van der Waals surface area contributed by atoms with Crippen LogP contribution in [0.3, 0.4) is 0 Å². The number of ether oxygens (including phenoxy) is 1. The zero-order chi connectivity index (χ0) is 19.1. The predicted molar refractivity (Wildman–Crippen MR) is 104 cm³/mol. The van der Waals surface area contributed by atoms with Crippen LogP contribution in [0.15, 0.2) is 48.5 Å². The average molecular weight is 367 g/mol. The number of hydrogen-bond donors (Lipinski definition) is 2. The van der Waals surface area contributed by atoms with Gasteiger partial charge in [0.15, 0.2) is 6.61 Å². The number of carbonyl (C=O) groups excluding carboxylic acids is 2. The van der Waals surface area contributed by atoms with Gasteiger partial charge in [-0.2, -0.15) is 0 Å². The first-order valence-corrected chi connectivity index (χ1v) is 9.20. The minimum atomic E-state index is -0.489. The van der Waals surface area contributed by atoms with Crippen molar-refractivity contribution in [2.75, 3.05) is 26.2 Å². The third-order valence-corrected chi connectivity index (χ3v) is 4.69. The van der Waals surface area contributed by atoms with Crippen LogP contribution in [0.25, 0.3) is 0 Å². The van der Waals surface area contributed by atoms with E-state index in [4.69, 9.17) is 10.5 Å². The highest BCUT2D eigenvalue weighted by Crippen LogP contribution is 2.18. The molecule has 2 aromatic carbocycles. The summed E-state index contributed by atoms with van der Waals surface area (Å²) in [6.45, 7) is 3.59. The van der Waals surface area contributed by atoms with E-state index >= 15 is 0 Å². The van der Waals surface area contributed by atoms with E-state index in [0.717, 1.165) is 32.5 Å². The second-order valence-corrected chi connectivity index (χ2v) is 6.68. The number of rotatable bonds is 8. The van der Waals surface area contributed by atoms with Gasteiger partial charge in [0.25, 0.3) is 5.91 Å². The van der Waals surface area contributed by atoms with Crippen LogP contribution < -0.4 is 15.8 Å². The predicted octanol–water partition coefficient (Wildman–Crippen LogP) is 1.73. The molecule has 0 saturated heterocycles. The Labute approximate surface area is 159 Å². The van der Waals surface area contributed by atoms with Crippen LogP contribution in [0.4, 0.5) is 0 Å². The molecule has 3 rings (SSSR count). The molecular weight excluding hydrogens is 342 g/mol. The molecule has 0 fully saturated rings. The van der Waals surface area contributed by atoms with Gasteiger partial charge in [0, 0.05) is 31.7 Å². The van der Waals surface area contributed by atoms with Crippen LogP contribution in [0.2, 0.25) is 0 Å². The van der Waals surface area contributed by atoms with E-state index in [1.54, 1.807) is 24.3 Å². The first-order valence-electron chi connectivity index (χ1n) is 9.20. The van der Waals surface area contributed by atoms with E-state index in [1.165, 1.54) is 11.1 Å². The van der Waals surface area contributed by atoms with Crippen molar-refractivity contribution in [2.45, 2.75) is 19.4 Å². The van der Waals surface area contributed by atoms with E-state index in [9.17, 15) is 9.59 Å². The van der Waals surface area contributed by atoms with Crippen molar-refractivity contribution in [3.63, 3.8) is 0 Å². The standard InChI is InChI=1S/C21H25N3O3/c22-21(26)17-6-8-19(9-7-17)27-15-20(25)23-11-3-12-24-13-10-16-4-1-2-5-18(16)14-24/h1-2,4-9H,3,10-15H2,(H2,22,26)(H,23,25). The summed E-state index contributed by atoms with van der Waals surface area (Å²) in [5, 5.41) is 2.88. The number of nitrogens with zero attached hydrogens (tertiary/aromatic N) is 1. The van der Waals surface area contributed by atoms with E-state index in [-0.39, 0.29) is 12.5 Å². The van der Waals surface area contributed by atoms with Crippen LogP contribution in [-0.2, 0) is 17.8 Å². The third-order valence-electron chi connectivity index (χ3n) is 4.69. The summed E-state index contributed by atoms with van der Waals surface area (Å²) in [4.78, 5) is 25.3. The number of benzene rings is 2. The quantitative estimate of drug-likeness (QED) is 0.696. The number of hydrogen-bond acceptors (Lipinski definition) is 4. The topological polar surface area (TPSA) is 84.7 Å². The molecule has 0 aliphatic carbocycles. The van der Waals surface area contributed by atoms with Crippen LogP contribution in [0.1, 0.15) is 27.9 Å². The molecule has 0 saturated carbocycles. The molecule has 0 spiro atoms. The monoisotopic (exact) mass is 367 g/mol. The number of fused-ring (bicyclic) bond motifs is 1. The number of nitrogens with two attached hydrogens (primary N) is 1. The van der Waals surface area contributed by atoms with Gasteiger partial charge < -0.3 is 15.8 Å². The third kappa shape index (κ3) is 5.56. The van der Waals surface area contributed by atoms with Crippen LogP contribution in [0, 0.1) is 0 Å². The molecule has 0 bridgehead atoms. The van der Waals surface area contributed by atoms with Gasteiger partial charge in [-0.3, -0.25) is 14.5 Å². The van der Waals surface area contributed by atoms with Gasteiger partial charge in [-0.25, -0.2) is 0 Å². The first kappa shape index (κ1) is 18.9. The summed E-state index contributed by atoms with van der Waals surface area (Å²) in [7, 11) is 0. The molecule has 3 N–H and O–H groups in total. The fourth-order valence-corrected chi connectivity index (χ4v) is 3.19. The summed E-state index contributed by atoms with van der Waals surface area (Å²) in [6.07, 6.45) is 1.99.